The van der Waals surface area contributed by atoms with Crippen LogP contribution in [0.5, 0.6) is 0 Å². The Labute approximate surface area is 128 Å². The van der Waals surface area contributed by atoms with Crippen LogP contribution in [0, 0.1) is 20.8 Å². The van der Waals surface area contributed by atoms with Crippen LogP contribution in [0.3, 0.4) is 0 Å². The van der Waals surface area contributed by atoms with Crippen molar-refractivity contribution in [3.63, 3.8) is 0 Å². The highest BCUT2D eigenvalue weighted by Crippen LogP contribution is 2.32. The van der Waals surface area contributed by atoms with E-state index in [0.29, 0.717) is 6.04 Å². The Morgan fingerprint density at radius 2 is 1.71 bits per heavy atom. The van der Waals surface area contributed by atoms with Crippen molar-refractivity contribution in [3.05, 3.63) is 34.4 Å². The molecule has 0 amide bonds. The van der Waals surface area contributed by atoms with Crippen LogP contribution in [0.2, 0.25) is 0 Å². The molecule has 0 radical (unpaired) electrons. The van der Waals surface area contributed by atoms with Gasteiger partial charge in [0.15, 0.2) is 0 Å². The lowest BCUT2D eigenvalue weighted by Crippen LogP contribution is -2.52. The fourth-order valence-corrected chi connectivity index (χ4v) is 3.88. The Hall–Kier alpha value is -1.35. The average molecular weight is 289 g/mol. The number of aryl methyl sites for hydroxylation is 3. The third-order valence-corrected chi connectivity index (χ3v) is 4.62. The van der Waals surface area contributed by atoms with Crippen LogP contribution >= 0.6 is 0 Å². The maximum atomic E-state index is 12.5. The molecule has 1 saturated carbocycles. The number of hydrogen-bond acceptors (Lipinski definition) is 3. The second kappa shape index (κ2) is 6.18. The molecule has 1 fully saturated rings. The molecular formula is C18H27NO2. The van der Waals surface area contributed by atoms with Gasteiger partial charge in [0.05, 0.1) is 7.11 Å². The number of methoxy groups -OCH3 is 1. The van der Waals surface area contributed by atoms with Crippen LogP contribution in [-0.4, -0.2) is 19.1 Å². The standard InChI is InChI=1S/C18H27NO2/c1-12-10-13(2)16(14(3)11-12)18(4,17(20)21-5)19-15-8-6-7-9-15/h10-11,15,19H,6-9H2,1-5H3. The molecule has 0 bridgehead atoms. The number of ether oxygens (including phenoxy) is 1. The number of carbonyl (C=O) groups excluding carboxylic acids is 1. The average Bonchev–Trinajstić information content (AvgIpc) is 2.88. The summed E-state index contributed by atoms with van der Waals surface area (Å²) < 4.78 is 5.12. The van der Waals surface area contributed by atoms with Gasteiger partial charge in [0, 0.05) is 6.04 Å². The predicted molar refractivity (Wildman–Crippen MR) is 85.4 cm³/mol. The molecule has 0 heterocycles. The largest absolute Gasteiger partial charge is 0.467 e. The van der Waals surface area contributed by atoms with Gasteiger partial charge >= 0.3 is 5.97 Å². The van der Waals surface area contributed by atoms with E-state index in [1.165, 1.54) is 25.5 Å². The van der Waals surface area contributed by atoms with Crippen molar-refractivity contribution in [2.24, 2.45) is 0 Å². The topological polar surface area (TPSA) is 38.3 Å². The Bertz CT molecular complexity index is 509. The van der Waals surface area contributed by atoms with Crippen molar-refractivity contribution >= 4 is 5.97 Å². The molecule has 0 aromatic heterocycles. The van der Waals surface area contributed by atoms with E-state index in [4.69, 9.17) is 4.74 Å². The molecule has 2 rings (SSSR count). The molecule has 1 unspecified atom stereocenters. The molecule has 0 saturated heterocycles. The maximum absolute atomic E-state index is 12.5. The van der Waals surface area contributed by atoms with E-state index in [0.717, 1.165) is 29.5 Å². The van der Waals surface area contributed by atoms with Crippen molar-refractivity contribution in [1.82, 2.24) is 5.32 Å². The minimum Gasteiger partial charge on any atom is -0.467 e. The van der Waals surface area contributed by atoms with E-state index >= 15 is 0 Å². The van der Waals surface area contributed by atoms with E-state index in [2.05, 4.69) is 38.2 Å². The van der Waals surface area contributed by atoms with Gasteiger partial charge in [-0.2, -0.15) is 0 Å². The minimum absolute atomic E-state index is 0.204. The Morgan fingerprint density at radius 3 is 2.19 bits per heavy atom. The summed E-state index contributed by atoms with van der Waals surface area (Å²) in [5.74, 6) is -0.204. The van der Waals surface area contributed by atoms with Crippen LogP contribution in [-0.2, 0) is 15.1 Å². The van der Waals surface area contributed by atoms with Gasteiger partial charge in [-0.1, -0.05) is 30.5 Å². The number of carbonyl (C=O) groups is 1. The monoisotopic (exact) mass is 289 g/mol. The molecule has 0 spiro atoms. The van der Waals surface area contributed by atoms with Crippen LogP contribution in [0.1, 0.15) is 54.9 Å². The van der Waals surface area contributed by atoms with Crippen LogP contribution in [0.4, 0.5) is 0 Å². The van der Waals surface area contributed by atoms with E-state index in [-0.39, 0.29) is 5.97 Å². The van der Waals surface area contributed by atoms with E-state index in [1.54, 1.807) is 0 Å². The molecule has 1 N–H and O–H groups in total. The number of nitrogens with one attached hydrogen (secondary N) is 1. The lowest BCUT2D eigenvalue weighted by Gasteiger charge is -2.34. The third kappa shape index (κ3) is 3.13. The van der Waals surface area contributed by atoms with Gasteiger partial charge in [-0.3, -0.25) is 5.32 Å². The van der Waals surface area contributed by atoms with Crippen LogP contribution < -0.4 is 5.32 Å². The first-order chi connectivity index (χ1) is 9.88. The first-order valence-electron chi connectivity index (χ1n) is 7.83. The second-order valence-electron chi connectivity index (χ2n) is 6.52. The third-order valence-electron chi connectivity index (χ3n) is 4.62. The summed E-state index contributed by atoms with van der Waals surface area (Å²) in [6.45, 7) is 8.20. The zero-order valence-electron chi connectivity index (χ0n) is 13.9. The number of rotatable bonds is 4. The Kier molecular flexibility index (Phi) is 4.72. The SMILES string of the molecule is COC(=O)C(C)(NC1CCCC1)c1c(C)cc(C)cc1C. The van der Waals surface area contributed by atoms with Crippen molar-refractivity contribution in [1.29, 1.82) is 0 Å². The molecule has 0 aliphatic heterocycles. The molecule has 1 aliphatic rings. The normalized spacial score (nSPS) is 18.5. The van der Waals surface area contributed by atoms with Gasteiger partial charge in [-0.15, -0.1) is 0 Å². The molecule has 21 heavy (non-hydrogen) atoms. The van der Waals surface area contributed by atoms with Gasteiger partial charge in [0.1, 0.15) is 5.54 Å². The van der Waals surface area contributed by atoms with Crippen molar-refractivity contribution in [2.45, 2.75) is 65.0 Å². The van der Waals surface area contributed by atoms with Crippen molar-refractivity contribution in [3.8, 4) is 0 Å². The zero-order valence-corrected chi connectivity index (χ0v) is 13.9. The quantitative estimate of drug-likeness (QED) is 0.862. The molecule has 116 valence electrons. The molecule has 1 aliphatic carbocycles. The molecule has 3 nitrogen and oxygen atoms in total. The van der Waals surface area contributed by atoms with Gasteiger partial charge in [-0.05, 0) is 57.2 Å². The lowest BCUT2D eigenvalue weighted by atomic mass is 9.83. The molecule has 1 aromatic carbocycles. The summed E-state index contributed by atoms with van der Waals surface area (Å²) in [5, 5.41) is 3.59. The highest BCUT2D eigenvalue weighted by atomic mass is 16.5. The molecule has 1 atom stereocenters. The summed E-state index contributed by atoms with van der Waals surface area (Å²) in [6, 6.07) is 4.67. The minimum atomic E-state index is -0.772. The fourth-order valence-electron chi connectivity index (χ4n) is 3.88. The summed E-state index contributed by atoms with van der Waals surface area (Å²) in [6.07, 6.45) is 4.74. The lowest BCUT2D eigenvalue weighted by molar-refractivity contribution is -0.148. The molecule has 1 aromatic rings. The Balaban J connectivity index is 2.46. The molecular weight excluding hydrogens is 262 g/mol. The smallest absolute Gasteiger partial charge is 0.330 e. The van der Waals surface area contributed by atoms with Gasteiger partial charge in [-0.25, -0.2) is 4.79 Å². The number of esters is 1. The fraction of sp³-hybridized carbons (Fsp3) is 0.611. The van der Waals surface area contributed by atoms with E-state index < -0.39 is 5.54 Å². The van der Waals surface area contributed by atoms with Crippen molar-refractivity contribution in [2.75, 3.05) is 7.11 Å². The summed E-state index contributed by atoms with van der Waals surface area (Å²) in [7, 11) is 1.47. The number of benzene rings is 1. The zero-order chi connectivity index (χ0) is 15.6. The van der Waals surface area contributed by atoms with Gasteiger partial charge in [0.25, 0.3) is 0 Å². The predicted octanol–water partition coefficient (Wildman–Crippen LogP) is 3.53. The van der Waals surface area contributed by atoms with Gasteiger partial charge < -0.3 is 4.74 Å². The Morgan fingerprint density at radius 1 is 1.19 bits per heavy atom. The maximum Gasteiger partial charge on any atom is 0.330 e. The van der Waals surface area contributed by atoms with Crippen LogP contribution in [0.25, 0.3) is 0 Å². The van der Waals surface area contributed by atoms with Crippen LogP contribution in [0.15, 0.2) is 12.1 Å². The first-order valence-corrected chi connectivity index (χ1v) is 7.83. The van der Waals surface area contributed by atoms with E-state index in [9.17, 15) is 4.79 Å². The highest BCUT2D eigenvalue weighted by molar-refractivity contribution is 5.83. The van der Waals surface area contributed by atoms with E-state index in [1.807, 2.05) is 6.92 Å². The first kappa shape index (κ1) is 16.0. The second-order valence-corrected chi connectivity index (χ2v) is 6.52. The van der Waals surface area contributed by atoms with Crippen molar-refractivity contribution < 1.29 is 9.53 Å². The number of hydrogen-bond donors (Lipinski definition) is 1. The summed E-state index contributed by atoms with van der Waals surface area (Å²) in [4.78, 5) is 12.5. The molecule has 3 heteroatoms. The summed E-state index contributed by atoms with van der Waals surface area (Å²) in [5.41, 5.74) is 3.80. The highest BCUT2D eigenvalue weighted by Gasteiger charge is 2.40. The van der Waals surface area contributed by atoms with Gasteiger partial charge in [0.2, 0.25) is 0 Å². The summed E-state index contributed by atoms with van der Waals surface area (Å²) >= 11 is 0.